The lowest BCUT2D eigenvalue weighted by Crippen LogP contribution is -2.04. The second-order valence-corrected chi connectivity index (χ2v) is 13.0. The molecule has 0 N–H and O–H groups in total. The van der Waals surface area contributed by atoms with Crippen LogP contribution in [0.5, 0.6) is 0 Å². The molecule has 0 saturated carbocycles. The average Bonchev–Trinajstić information content (AvgIpc) is 3.58. The van der Waals surface area contributed by atoms with E-state index < -0.39 is 0 Å². The lowest BCUT2D eigenvalue weighted by molar-refractivity contribution is 1.00. The lowest BCUT2D eigenvalue weighted by Gasteiger charge is -2.13. The van der Waals surface area contributed by atoms with E-state index in [2.05, 4.69) is 167 Å². The van der Waals surface area contributed by atoms with Crippen LogP contribution in [-0.2, 0) is 6.42 Å². The zero-order valence-corrected chi connectivity index (χ0v) is 27.8. The van der Waals surface area contributed by atoms with Crippen molar-refractivity contribution in [2.45, 2.75) is 6.42 Å². The van der Waals surface area contributed by atoms with Gasteiger partial charge in [-0.25, -0.2) is 9.97 Å². The van der Waals surface area contributed by atoms with Crippen LogP contribution in [-0.4, -0.2) is 19.1 Å². The molecule has 4 nitrogen and oxygen atoms in total. The van der Waals surface area contributed by atoms with Crippen molar-refractivity contribution >= 4 is 38.8 Å². The predicted octanol–water partition coefficient (Wildman–Crippen LogP) is 11.6. The molecule has 240 valence electrons. The van der Waals surface area contributed by atoms with Crippen LogP contribution in [0.15, 0.2) is 176 Å². The Labute approximate surface area is 295 Å². The third-order valence-corrected chi connectivity index (χ3v) is 10.0. The van der Waals surface area contributed by atoms with Gasteiger partial charge in [-0.05, 0) is 59.5 Å². The van der Waals surface area contributed by atoms with Gasteiger partial charge in [0, 0.05) is 39.0 Å². The van der Waals surface area contributed by atoms with Crippen LogP contribution >= 0.6 is 0 Å². The van der Waals surface area contributed by atoms with Crippen molar-refractivity contribution in [3.63, 3.8) is 0 Å². The summed E-state index contributed by atoms with van der Waals surface area (Å²) in [5.41, 5.74) is 12.4. The van der Waals surface area contributed by atoms with Crippen molar-refractivity contribution < 1.29 is 0 Å². The molecule has 3 heterocycles. The van der Waals surface area contributed by atoms with E-state index in [0.717, 1.165) is 51.5 Å². The second kappa shape index (κ2) is 12.0. The summed E-state index contributed by atoms with van der Waals surface area (Å²) in [6.45, 7) is 0. The molecule has 6 aromatic carbocycles. The lowest BCUT2D eigenvalue weighted by atomic mass is 10.0. The molecule has 4 heteroatoms. The molecular weight excluding hydrogens is 621 g/mol. The minimum atomic E-state index is 0.702. The first-order valence-electron chi connectivity index (χ1n) is 17.4. The van der Waals surface area contributed by atoms with Gasteiger partial charge in [0.25, 0.3) is 0 Å². The van der Waals surface area contributed by atoms with E-state index in [0.29, 0.717) is 5.82 Å². The maximum atomic E-state index is 5.27. The van der Waals surface area contributed by atoms with Gasteiger partial charge in [0.05, 0.1) is 27.9 Å². The van der Waals surface area contributed by atoms with Gasteiger partial charge in [0.2, 0.25) is 0 Å². The average molecular weight is 653 g/mol. The molecule has 3 aromatic heterocycles. The fraction of sp³-hybridized carbons (Fsp3) is 0.0213. The number of rotatable bonds is 5. The number of allylic oxidation sites excluding steroid dienone is 3. The SMILES string of the molecule is C1=CCc2c(n(-c3cc(-c4ccccc4)nc(-c4ccccc4)n3)c3cc(-c4ccc5c6ccccc6n(-c6ccccc6)c5c4)ccc23)C=C1. The van der Waals surface area contributed by atoms with E-state index in [1.54, 1.807) is 0 Å². The molecule has 1 aliphatic carbocycles. The summed E-state index contributed by atoms with van der Waals surface area (Å²) >= 11 is 0. The summed E-state index contributed by atoms with van der Waals surface area (Å²) in [7, 11) is 0. The zero-order valence-electron chi connectivity index (χ0n) is 27.8. The van der Waals surface area contributed by atoms with Gasteiger partial charge in [-0.1, -0.05) is 140 Å². The highest BCUT2D eigenvalue weighted by Gasteiger charge is 2.21. The van der Waals surface area contributed by atoms with Crippen molar-refractivity contribution in [2.75, 3.05) is 0 Å². The van der Waals surface area contributed by atoms with E-state index in [-0.39, 0.29) is 0 Å². The van der Waals surface area contributed by atoms with E-state index in [9.17, 15) is 0 Å². The van der Waals surface area contributed by atoms with E-state index >= 15 is 0 Å². The molecular formula is C47H32N4. The van der Waals surface area contributed by atoms with Crippen molar-refractivity contribution in [3.8, 4) is 45.3 Å². The number of nitrogens with zero attached hydrogens (tertiary/aromatic N) is 4. The van der Waals surface area contributed by atoms with Crippen LogP contribution in [0.25, 0.3) is 84.1 Å². The minimum absolute atomic E-state index is 0.702. The highest BCUT2D eigenvalue weighted by molar-refractivity contribution is 6.10. The summed E-state index contributed by atoms with van der Waals surface area (Å²) in [4.78, 5) is 10.4. The highest BCUT2D eigenvalue weighted by atomic mass is 15.1. The summed E-state index contributed by atoms with van der Waals surface area (Å²) in [5.74, 6) is 1.55. The first-order chi connectivity index (χ1) is 25.3. The Balaban J connectivity index is 1.22. The number of para-hydroxylation sites is 2. The van der Waals surface area contributed by atoms with Crippen LogP contribution in [0.4, 0.5) is 0 Å². The molecule has 0 amide bonds. The van der Waals surface area contributed by atoms with Crippen molar-refractivity contribution in [1.29, 1.82) is 0 Å². The maximum absolute atomic E-state index is 5.27. The molecule has 0 spiro atoms. The van der Waals surface area contributed by atoms with Crippen molar-refractivity contribution in [3.05, 3.63) is 187 Å². The normalized spacial score (nSPS) is 12.5. The molecule has 0 unspecified atom stereocenters. The molecule has 0 aliphatic heterocycles. The van der Waals surface area contributed by atoms with E-state index in [1.165, 1.54) is 38.3 Å². The predicted molar refractivity (Wildman–Crippen MR) is 211 cm³/mol. The Morgan fingerprint density at radius 3 is 1.84 bits per heavy atom. The van der Waals surface area contributed by atoms with Crippen LogP contribution in [0.2, 0.25) is 0 Å². The largest absolute Gasteiger partial charge is 0.309 e. The van der Waals surface area contributed by atoms with Gasteiger partial charge in [-0.2, -0.15) is 0 Å². The van der Waals surface area contributed by atoms with Gasteiger partial charge < -0.3 is 4.57 Å². The molecule has 9 aromatic rings. The Kier molecular flexibility index (Phi) is 6.85. The standard InChI is InChI=1S/C47H32N4/c1-5-15-32(16-6-1)41-31-46(49-47(48-41)33-17-7-2-8-18-33)51-43-23-12-4-11-21-38(43)40-28-26-35(30-45(40)51)34-25-27-39-37-22-13-14-24-42(37)50(44(39)29-34)36-19-9-3-10-20-36/h1-20,22-31H,21H2. The molecule has 0 radical (unpaired) electrons. The summed E-state index contributed by atoms with van der Waals surface area (Å²) in [5, 5.41) is 3.72. The Morgan fingerprint density at radius 1 is 0.451 bits per heavy atom. The molecule has 10 rings (SSSR count). The Bertz CT molecular complexity index is 2750. The van der Waals surface area contributed by atoms with E-state index in [4.69, 9.17) is 9.97 Å². The van der Waals surface area contributed by atoms with Gasteiger partial charge in [0.15, 0.2) is 5.82 Å². The molecule has 0 fully saturated rings. The van der Waals surface area contributed by atoms with Gasteiger partial charge in [0.1, 0.15) is 5.82 Å². The number of hydrogen-bond acceptors (Lipinski definition) is 2. The summed E-state index contributed by atoms with van der Waals surface area (Å²) in [6.07, 6.45) is 9.57. The maximum Gasteiger partial charge on any atom is 0.162 e. The van der Waals surface area contributed by atoms with Crippen LogP contribution in [0, 0.1) is 0 Å². The smallest absolute Gasteiger partial charge is 0.162 e. The van der Waals surface area contributed by atoms with Crippen molar-refractivity contribution in [2.24, 2.45) is 0 Å². The van der Waals surface area contributed by atoms with E-state index in [1.807, 2.05) is 24.3 Å². The molecule has 0 saturated heterocycles. The second-order valence-electron chi connectivity index (χ2n) is 13.0. The summed E-state index contributed by atoms with van der Waals surface area (Å²) < 4.78 is 4.71. The number of benzene rings is 6. The molecule has 0 bridgehead atoms. The van der Waals surface area contributed by atoms with Gasteiger partial charge in [-0.3, -0.25) is 4.57 Å². The quantitative estimate of drug-likeness (QED) is 0.185. The fourth-order valence-electron chi connectivity index (χ4n) is 7.63. The summed E-state index contributed by atoms with van der Waals surface area (Å²) in [6, 6.07) is 55.9. The molecule has 1 aliphatic rings. The molecule has 0 atom stereocenters. The molecule has 51 heavy (non-hydrogen) atoms. The number of fused-ring (bicyclic) bond motifs is 6. The fourth-order valence-corrected chi connectivity index (χ4v) is 7.63. The first kappa shape index (κ1) is 29.2. The number of hydrogen-bond donors (Lipinski definition) is 0. The Hall–Kier alpha value is -6.78. The van der Waals surface area contributed by atoms with Crippen LogP contribution in [0.3, 0.4) is 0 Å². The van der Waals surface area contributed by atoms with Gasteiger partial charge >= 0.3 is 0 Å². The third-order valence-electron chi connectivity index (χ3n) is 10.0. The van der Waals surface area contributed by atoms with Crippen molar-refractivity contribution in [1.82, 2.24) is 19.1 Å². The zero-order chi connectivity index (χ0) is 33.7. The third kappa shape index (κ3) is 4.92. The highest BCUT2D eigenvalue weighted by Crippen LogP contribution is 2.38. The van der Waals surface area contributed by atoms with Crippen LogP contribution in [0.1, 0.15) is 11.3 Å². The first-order valence-corrected chi connectivity index (χ1v) is 17.4. The minimum Gasteiger partial charge on any atom is -0.309 e. The topological polar surface area (TPSA) is 35.6 Å². The van der Waals surface area contributed by atoms with Gasteiger partial charge in [-0.15, -0.1) is 0 Å². The monoisotopic (exact) mass is 652 g/mol. The van der Waals surface area contributed by atoms with Crippen LogP contribution < -0.4 is 0 Å². The number of aromatic nitrogens is 4. The Morgan fingerprint density at radius 2 is 1.08 bits per heavy atom.